The fraction of sp³-hybridized carbons (Fsp3) is 0.538. The number of nitrogens with one attached hydrogen (secondary N) is 1. The molecule has 1 fully saturated rings. The average molecular weight is 328 g/mol. The molecule has 1 heterocycles. The number of hydrogen-bond acceptors (Lipinski definition) is 5. The molecule has 1 aliphatic rings. The molecule has 0 aromatic carbocycles. The number of nitriles is 1. The molecule has 0 aliphatic heterocycles. The van der Waals surface area contributed by atoms with Crippen molar-refractivity contribution in [1.82, 2.24) is 4.72 Å². The van der Waals surface area contributed by atoms with Gasteiger partial charge < -0.3 is 5.11 Å². The molecule has 1 saturated carbocycles. The smallest absolute Gasteiger partial charge is 0.310 e. The maximum atomic E-state index is 12.3. The molecule has 8 heteroatoms. The van der Waals surface area contributed by atoms with Crippen LogP contribution in [-0.4, -0.2) is 25.5 Å². The van der Waals surface area contributed by atoms with Crippen molar-refractivity contribution in [3.8, 4) is 6.07 Å². The van der Waals surface area contributed by atoms with Crippen molar-refractivity contribution in [3.63, 3.8) is 0 Å². The Morgan fingerprint density at radius 1 is 1.52 bits per heavy atom. The van der Waals surface area contributed by atoms with Crippen LogP contribution in [0.25, 0.3) is 0 Å². The van der Waals surface area contributed by atoms with Gasteiger partial charge >= 0.3 is 5.97 Å². The lowest BCUT2D eigenvalue weighted by Gasteiger charge is -2.37. The molecular formula is C13H16N2O4S2. The van der Waals surface area contributed by atoms with E-state index in [1.54, 1.807) is 6.92 Å². The third-order valence-corrected chi connectivity index (χ3v) is 6.90. The number of rotatable bonds is 4. The summed E-state index contributed by atoms with van der Waals surface area (Å²) in [5, 5.41) is 18.2. The number of hydrogen-bond donors (Lipinski definition) is 2. The van der Waals surface area contributed by atoms with Crippen LogP contribution in [0.1, 0.15) is 37.5 Å². The van der Waals surface area contributed by atoms with Gasteiger partial charge in [0.05, 0.1) is 5.41 Å². The molecule has 2 unspecified atom stereocenters. The Hall–Kier alpha value is -1.43. The van der Waals surface area contributed by atoms with Gasteiger partial charge in [0, 0.05) is 6.04 Å². The normalized spacial score (nSPS) is 26.2. The van der Waals surface area contributed by atoms with Crippen molar-refractivity contribution in [1.29, 1.82) is 5.26 Å². The zero-order chi connectivity index (χ0) is 15.7. The number of sulfonamides is 1. The van der Waals surface area contributed by atoms with Crippen LogP contribution in [0.15, 0.2) is 16.3 Å². The predicted octanol–water partition coefficient (Wildman–Crippen LogP) is 1.93. The van der Waals surface area contributed by atoms with E-state index in [4.69, 9.17) is 5.26 Å². The van der Waals surface area contributed by atoms with Gasteiger partial charge in [0.2, 0.25) is 10.0 Å². The molecule has 0 saturated heterocycles. The number of nitrogens with zero attached hydrogens (tertiary/aromatic N) is 1. The highest BCUT2D eigenvalue weighted by molar-refractivity contribution is 7.91. The maximum absolute atomic E-state index is 12.3. The van der Waals surface area contributed by atoms with Gasteiger partial charge in [0.15, 0.2) is 0 Å². The zero-order valence-corrected chi connectivity index (χ0v) is 13.1. The lowest BCUT2D eigenvalue weighted by atomic mass is 9.72. The van der Waals surface area contributed by atoms with E-state index in [2.05, 4.69) is 4.72 Å². The van der Waals surface area contributed by atoms with Gasteiger partial charge in [-0.15, -0.1) is 11.3 Å². The van der Waals surface area contributed by atoms with Crippen molar-refractivity contribution in [3.05, 3.63) is 17.0 Å². The number of carbonyl (C=O) groups is 1. The average Bonchev–Trinajstić information content (AvgIpc) is 2.91. The summed E-state index contributed by atoms with van der Waals surface area (Å²) in [7, 11) is -3.80. The van der Waals surface area contributed by atoms with Crippen molar-refractivity contribution in [2.75, 3.05) is 0 Å². The van der Waals surface area contributed by atoms with Crippen LogP contribution in [0.3, 0.4) is 0 Å². The number of aliphatic carboxylic acids is 1. The number of thiophene rings is 1. The Balaban J connectivity index is 2.26. The summed E-state index contributed by atoms with van der Waals surface area (Å²) in [5.41, 5.74) is -1.10. The summed E-state index contributed by atoms with van der Waals surface area (Å²) in [6, 6.07) is 4.06. The SMILES string of the molecule is CC1(C(=O)O)CCCCC1NS(=O)(=O)c1ccc(C#N)s1. The molecule has 2 N–H and O–H groups in total. The molecule has 0 amide bonds. The highest BCUT2D eigenvalue weighted by atomic mass is 32.2. The van der Waals surface area contributed by atoms with E-state index in [-0.39, 0.29) is 4.21 Å². The number of carboxylic acid groups (broad SMARTS) is 1. The summed E-state index contributed by atoms with van der Waals surface area (Å²) in [6.45, 7) is 1.58. The van der Waals surface area contributed by atoms with Gasteiger partial charge in [-0.1, -0.05) is 12.8 Å². The van der Waals surface area contributed by atoms with Gasteiger partial charge in [0.25, 0.3) is 0 Å². The first-order valence-corrected chi connectivity index (χ1v) is 8.85. The summed E-state index contributed by atoms with van der Waals surface area (Å²) >= 11 is 0.878. The third kappa shape index (κ3) is 3.10. The van der Waals surface area contributed by atoms with Gasteiger partial charge in [0.1, 0.15) is 15.2 Å². The second kappa shape index (κ2) is 5.75. The van der Waals surface area contributed by atoms with E-state index >= 15 is 0 Å². The van der Waals surface area contributed by atoms with Crippen LogP contribution < -0.4 is 4.72 Å². The highest BCUT2D eigenvalue weighted by Gasteiger charge is 2.45. The Morgan fingerprint density at radius 2 is 2.24 bits per heavy atom. The van der Waals surface area contributed by atoms with E-state index in [1.807, 2.05) is 6.07 Å². The van der Waals surface area contributed by atoms with Crippen molar-refractivity contribution in [2.45, 2.75) is 42.9 Å². The molecular weight excluding hydrogens is 312 g/mol. The zero-order valence-electron chi connectivity index (χ0n) is 11.5. The fourth-order valence-corrected chi connectivity index (χ4v) is 5.05. The molecule has 0 radical (unpaired) electrons. The predicted molar refractivity (Wildman–Crippen MR) is 77.4 cm³/mol. The second-order valence-electron chi connectivity index (χ2n) is 5.37. The molecule has 114 valence electrons. The van der Waals surface area contributed by atoms with Crippen LogP contribution in [0.5, 0.6) is 0 Å². The van der Waals surface area contributed by atoms with Crippen LogP contribution >= 0.6 is 11.3 Å². The number of carboxylic acids is 1. The molecule has 1 aromatic rings. The maximum Gasteiger partial charge on any atom is 0.310 e. The first-order valence-electron chi connectivity index (χ1n) is 6.55. The first kappa shape index (κ1) is 15.9. The largest absolute Gasteiger partial charge is 0.481 e. The van der Waals surface area contributed by atoms with Crippen molar-refractivity contribution in [2.24, 2.45) is 5.41 Å². The lowest BCUT2D eigenvalue weighted by molar-refractivity contribution is -0.151. The van der Waals surface area contributed by atoms with Gasteiger partial charge in [-0.2, -0.15) is 5.26 Å². The minimum atomic E-state index is -3.80. The molecule has 1 aliphatic carbocycles. The summed E-state index contributed by atoms with van der Waals surface area (Å²) < 4.78 is 27.2. The van der Waals surface area contributed by atoms with E-state index in [0.29, 0.717) is 17.7 Å². The molecule has 0 spiro atoms. The lowest BCUT2D eigenvalue weighted by Crippen LogP contribution is -2.51. The fourth-order valence-electron chi connectivity index (χ4n) is 2.55. The highest BCUT2D eigenvalue weighted by Crippen LogP contribution is 2.37. The van der Waals surface area contributed by atoms with Crippen LogP contribution in [0.2, 0.25) is 0 Å². The van der Waals surface area contributed by atoms with E-state index in [9.17, 15) is 18.3 Å². The van der Waals surface area contributed by atoms with Gasteiger partial charge in [-0.05, 0) is 31.9 Å². The third-order valence-electron chi connectivity index (χ3n) is 3.95. The van der Waals surface area contributed by atoms with Crippen LogP contribution in [-0.2, 0) is 14.8 Å². The van der Waals surface area contributed by atoms with Gasteiger partial charge in [-0.25, -0.2) is 13.1 Å². The molecule has 1 aromatic heterocycles. The second-order valence-corrected chi connectivity index (χ2v) is 8.40. The monoisotopic (exact) mass is 328 g/mol. The van der Waals surface area contributed by atoms with Crippen molar-refractivity contribution >= 4 is 27.3 Å². The molecule has 0 bridgehead atoms. The van der Waals surface area contributed by atoms with E-state index < -0.39 is 27.4 Å². The molecule has 2 rings (SSSR count). The summed E-state index contributed by atoms with van der Waals surface area (Å²) in [4.78, 5) is 11.8. The van der Waals surface area contributed by atoms with Crippen molar-refractivity contribution < 1.29 is 18.3 Å². The Kier molecular flexibility index (Phi) is 4.37. The molecule has 21 heavy (non-hydrogen) atoms. The Labute approximate surface area is 127 Å². The molecule has 2 atom stereocenters. The molecule has 6 nitrogen and oxygen atoms in total. The minimum Gasteiger partial charge on any atom is -0.481 e. The van der Waals surface area contributed by atoms with E-state index in [0.717, 1.165) is 24.2 Å². The first-order chi connectivity index (χ1) is 9.79. The minimum absolute atomic E-state index is 0.0392. The van der Waals surface area contributed by atoms with E-state index in [1.165, 1.54) is 12.1 Å². The topological polar surface area (TPSA) is 107 Å². The Bertz CT molecular complexity index is 689. The van der Waals surface area contributed by atoms with Crippen LogP contribution in [0.4, 0.5) is 0 Å². The summed E-state index contributed by atoms with van der Waals surface area (Å²) in [6.07, 6.45) is 2.52. The van der Waals surface area contributed by atoms with Crippen LogP contribution in [0, 0.1) is 16.7 Å². The quantitative estimate of drug-likeness (QED) is 0.878. The van der Waals surface area contributed by atoms with Gasteiger partial charge in [-0.3, -0.25) is 4.79 Å². The Morgan fingerprint density at radius 3 is 2.81 bits per heavy atom. The standard InChI is InChI=1S/C13H16N2O4S2/c1-13(12(16)17)7-3-2-4-10(13)15-21(18,19)11-6-5-9(8-14)20-11/h5-6,10,15H,2-4,7H2,1H3,(H,16,17). The summed E-state index contributed by atoms with van der Waals surface area (Å²) in [5.74, 6) is -0.987.